The van der Waals surface area contributed by atoms with Crippen LogP contribution in [0.25, 0.3) is 0 Å². The molecule has 0 bridgehead atoms. The largest absolute Gasteiger partial charge is 0.522 e. The number of benzene rings is 1. The van der Waals surface area contributed by atoms with E-state index in [-0.39, 0.29) is 12.4 Å². The van der Waals surface area contributed by atoms with Gasteiger partial charge in [0.1, 0.15) is 18.2 Å². The Labute approximate surface area is 97.3 Å². The van der Waals surface area contributed by atoms with Crippen molar-refractivity contribution in [1.29, 1.82) is 0 Å². The van der Waals surface area contributed by atoms with Crippen LogP contribution in [-0.2, 0) is 4.74 Å². The van der Waals surface area contributed by atoms with E-state index >= 15 is 0 Å². The van der Waals surface area contributed by atoms with Gasteiger partial charge < -0.3 is 4.74 Å². The molecule has 0 radical (unpaired) electrons. The number of ether oxygens (including phenoxy) is 2. The third-order valence-electron chi connectivity index (χ3n) is 1.50. The number of hydrogen-bond donors (Lipinski definition) is 0. The van der Waals surface area contributed by atoms with E-state index in [0.29, 0.717) is 4.47 Å². The lowest BCUT2D eigenvalue weighted by Crippen LogP contribution is -2.18. The zero-order valence-corrected chi connectivity index (χ0v) is 9.44. The third kappa shape index (κ3) is 4.80. The first kappa shape index (κ1) is 13.2. The van der Waals surface area contributed by atoms with E-state index < -0.39 is 18.8 Å². The highest BCUT2D eigenvalue weighted by atomic mass is 79.9. The molecule has 0 spiro atoms. The quantitative estimate of drug-likeness (QED) is 0.626. The Morgan fingerprint density at radius 2 is 1.88 bits per heavy atom. The number of hydrogen-bond acceptors (Lipinski definition) is 2. The first-order chi connectivity index (χ1) is 7.38. The Hall–Kier alpha value is -0.820. The molecule has 0 amide bonds. The standard InChI is InChI=1S/C9H7BrF4O2/c10-7-5-6(11)1-2-8(7)15-3-4-16-9(12,13)14/h1-2,5H,3-4H2. The SMILES string of the molecule is Fc1ccc(OCCOC(F)(F)F)c(Br)c1. The minimum absolute atomic E-state index is 0.257. The summed E-state index contributed by atoms with van der Waals surface area (Å²) in [6.07, 6.45) is -4.66. The summed E-state index contributed by atoms with van der Waals surface area (Å²) in [5.41, 5.74) is 0. The fraction of sp³-hybridized carbons (Fsp3) is 0.333. The molecule has 90 valence electrons. The van der Waals surface area contributed by atoms with Crippen LogP contribution < -0.4 is 4.74 Å². The molecule has 0 atom stereocenters. The summed E-state index contributed by atoms with van der Waals surface area (Å²) >= 11 is 3.01. The van der Waals surface area contributed by atoms with Gasteiger partial charge in [-0.3, -0.25) is 4.74 Å². The number of halogens is 5. The molecule has 0 fully saturated rings. The summed E-state index contributed by atoms with van der Waals surface area (Å²) in [7, 11) is 0. The molecule has 0 aliphatic carbocycles. The van der Waals surface area contributed by atoms with Crippen LogP contribution in [0.4, 0.5) is 17.6 Å². The monoisotopic (exact) mass is 302 g/mol. The second kappa shape index (κ2) is 5.49. The van der Waals surface area contributed by atoms with Crippen molar-refractivity contribution >= 4 is 15.9 Å². The second-order valence-corrected chi connectivity index (χ2v) is 3.57. The minimum Gasteiger partial charge on any atom is -0.490 e. The Balaban J connectivity index is 2.38. The molecule has 0 saturated carbocycles. The molecular weight excluding hydrogens is 296 g/mol. The Morgan fingerprint density at radius 3 is 2.44 bits per heavy atom. The van der Waals surface area contributed by atoms with Crippen LogP contribution in [-0.4, -0.2) is 19.6 Å². The minimum atomic E-state index is -4.66. The normalized spacial score (nSPS) is 11.6. The molecule has 0 aliphatic heterocycles. The lowest BCUT2D eigenvalue weighted by Gasteiger charge is -2.10. The van der Waals surface area contributed by atoms with Gasteiger partial charge in [-0.15, -0.1) is 13.2 Å². The van der Waals surface area contributed by atoms with E-state index in [2.05, 4.69) is 20.7 Å². The van der Waals surface area contributed by atoms with Crippen LogP contribution in [0, 0.1) is 5.82 Å². The Bertz CT molecular complexity index is 354. The predicted octanol–water partition coefficient (Wildman–Crippen LogP) is 3.50. The van der Waals surface area contributed by atoms with Gasteiger partial charge in [0.15, 0.2) is 0 Å². The Morgan fingerprint density at radius 1 is 1.19 bits per heavy atom. The molecule has 0 N–H and O–H groups in total. The van der Waals surface area contributed by atoms with E-state index in [1.807, 2.05) is 0 Å². The maximum atomic E-state index is 12.6. The summed E-state index contributed by atoms with van der Waals surface area (Å²) in [5.74, 6) is -0.210. The van der Waals surface area contributed by atoms with E-state index in [0.717, 1.165) is 12.1 Å². The number of alkyl halides is 3. The molecule has 2 nitrogen and oxygen atoms in total. The highest BCUT2D eigenvalue weighted by Gasteiger charge is 2.28. The first-order valence-electron chi connectivity index (χ1n) is 4.17. The lowest BCUT2D eigenvalue weighted by molar-refractivity contribution is -0.325. The predicted molar refractivity (Wildman–Crippen MR) is 51.6 cm³/mol. The second-order valence-electron chi connectivity index (χ2n) is 2.72. The van der Waals surface area contributed by atoms with Crippen LogP contribution in [0.3, 0.4) is 0 Å². The highest BCUT2D eigenvalue weighted by molar-refractivity contribution is 9.10. The molecule has 16 heavy (non-hydrogen) atoms. The van der Waals surface area contributed by atoms with E-state index in [1.54, 1.807) is 0 Å². The van der Waals surface area contributed by atoms with Crippen molar-refractivity contribution < 1.29 is 27.0 Å². The summed E-state index contributed by atoms with van der Waals surface area (Å²) in [4.78, 5) is 0. The molecule has 1 aromatic rings. The zero-order valence-electron chi connectivity index (χ0n) is 7.85. The molecular formula is C9H7BrF4O2. The van der Waals surface area contributed by atoms with Crippen molar-refractivity contribution in [2.75, 3.05) is 13.2 Å². The molecule has 7 heteroatoms. The average molecular weight is 303 g/mol. The van der Waals surface area contributed by atoms with E-state index in [1.165, 1.54) is 6.07 Å². The Kier molecular flexibility index (Phi) is 4.55. The van der Waals surface area contributed by atoms with Crippen molar-refractivity contribution in [3.05, 3.63) is 28.5 Å². The summed E-state index contributed by atoms with van der Waals surface area (Å²) in [6, 6.07) is 3.61. The molecule has 0 unspecified atom stereocenters. The van der Waals surface area contributed by atoms with Crippen LogP contribution in [0.15, 0.2) is 22.7 Å². The molecule has 0 aliphatic rings. The van der Waals surface area contributed by atoms with Crippen molar-refractivity contribution in [3.63, 3.8) is 0 Å². The van der Waals surface area contributed by atoms with E-state index in [9.17, 15) is 17.6 Å². The molecule has 1 aromatic carbocycles. The maximum absolute atomic E-state index is 12.6. The summed E-state index contributed by atoms with van der Waals surface area (Å²) in [5, 5.41) is 0. The van der Waals surface area contributed by atoms with Crippen LogP contribution in [0.5, 0.6) is 5.75 Å². The fourth-order valence-corrected chi connectivity index (χ4v) is 1.37. The van der Waals surface area contributed by atoms with Gasteiger partial charge in [-0.1, -0.05) is 0 Å². The number of rotatable bonds is 4. The molecule has 1 rings (SSSR count). The van der Waals surface area contributed by atoms with Gasteiger partial charge in [0.05, 0.1) is 11.1 Å². The third-order valence-corrected chi connectivity index (χ3v) is 2.12. The van der Waals surface area contributed by atoms with Crippen molar-refractivity contribution in [2.45, 2.75) is 6.36 Å². The summed E-state index contributed by atoms with van der Waals surface area (Å²) in [6.45, 7) is -0.892. The summed E-state index contributed by atoms with van der Waals surface area (Å²) < 4.78 is 56.1. The molecule has 0 heterocycles. The van der Waals surface area contributed by atoms with Gasteiger partial charge >= 0.3 is 6.36 Å². The molecule has 0 saturated heterocycles. The topological polar surface area (TPSA) is 18.5 Å². The van der Waals surface area contributed by atoms with Gasteiger partial charge in [0.2, 0.25) is 0 Å². The van der Waals surface area contributed by atoms with Gasteiger partial charge in [-0.25, -0.2) is 4.39 Å². The van der Waals surface area contributed by atoms with E-state index in [4.69, 9.17) is 4.74 Å². The smallest absolute Gasteiger partial charge is 0.490 e. The van der Waals surface area contributed by atoms with Crippen LogP contribution in [0.2, 0.25) is 0 Å². The van der Waals surface area contributed by atoms with Gasteiger partial charge in [-0.05, 0) is 34.1 Å². The fourth-order valence-electron chi connectivity index (χ4n) is 0.901. The van der Waals surface area contributed by atoms with Gasteiger partial charge in [-0.2, -0.15) is 0 Å². The van der Waals surface area contributed by atoms with Crippen LogP contribution >= 0.6 is 15.9 Å². The first-order valence-corrected chi connectivity index (χ1v) is 4.96. The van der Waals surface area contributed by atoms with Crippen molar-refractivity contribution in [1.82, 2.24) is 0 Å². The zero-order chi connectivity index (χ0) is 12.2. The maximum Gasteiger partial charge on any atom is 0.522 e. The van der Waals surface area contributed by atoms with Crippen LogP contribution in [0.1, 0.15) is 0 Å². The van der Waals surface area contributed by atoms with Crippen molar-refractivity contribution in [2.24, 2.45) is 0 Å². The van der Waals surface area contributed by atoms with Gasteiger partial charge in [0, 0.05) is 0 Å². The average Bonchev–Trinajstić information content (AvgIpc) is 2.13. The highest BCUT2D eigenvalue weighted by Crippen LogP contribution is 2.25. The molecule has 0 aromatic heterocycles. The van der Waals surface area contributed by atoms with Gasteiger partial charge in [0.25, 0.3) is 0 Å². The van der Waals surface area contributed by atoms with Crippen molar-refractivity contribution in [3.8, 4) is 5.75 Å². The lowest BCUT2D eigenvalue weighted by atomic mass is 10.3.